The predicted molar refractivity (Wildman–Crippen MR) is 80.0 cm³/mol. The highest BCUT2D eigenvalue weighted by Gasteiger charge is 2.26. The first-order valence-electron chi connectivity index (χ1n) is 7.49. The Morgan fingerprint density at radius 3 is 2.71 bits per heavy atom. The van der Waals surface area contributed by atoms with Gasteiger partial charge in [0.15, 0.2) is 9.84 Å². The van der Waals surface area contributed by atoms with E-state index in [1.54, 1.807) is 4.90 Å². The molecular weight excluding hydrogens is 294 g/mol. The van der Waals surface area contributed by atoms with Gasteiger partial charge >= 0.3 is 6.03 Å². The molecule has 0 radical (unpaired) electrons. The van der Waals surface area contributed by atoms with E-state index in [9.17, 15) is 13.2 Å². The number of carbonyl (C=O) groups is 1. The Balaban J connectivity index is 1.74. The van der Waals surface area contributed by atoms with E-state index in [4.69, 9.17) is 4.74 Å². The van der Waals surface area contributed by atoms with Crippen LogP contribution in [0.15, 0.2) is 0 Å². The van der Waals surface area contributed by atoms with Crippen LogP contribution in [0.4, 0.5) is 4.79 Å². The fourth-order valence-electron chi connectivity index (χ4n) is 2.73. The van der Waals surface area contributed by atoms with Crippen LogP contribution in [0, 0.1) is 5.92 Å². The fraction of sp³-hybridized carbons (Fsp3) is 0.923. The lowest BCUT2D eigenvalue weighted by molar-refractivity contribution is 0.0386. The lowest BCUT2D eigenvalue weighted by Crippen LogP contribution is -2.46. The Bertz CT molecular complexity index is 448. The molecule has 21 heavy (non-hydrogen) atoms. The molecule has 0 spiro atoms. The van der Waals surface area contributed by atoms with Gasteiger partial charge in [-0.25, -0.2) is 13.2 Å². The molecule has 0 bridgehead atoms. The zero-order chi connectivity index (χ0) is 15.3. The Morgan fingerprint density at radius 2 is 2.00 bits per heavy atom. The Hall–Kier alpha value is -0.860. The third kappa shape index (κ3) is 5.44. The van der Waals surface area contributed by atoms with E-state index in [0.29, 0.717) is 13.1 Å². The summed E-state index contributed by atoms with van der Waals surface area (Å²) in [5.41, 5.74) is 0. The second-order valence-corrected chi connectivity index (χ2v) is 8.08. The van der Waals surface area contributed by atoms with Gasteiger partial charge in [-0.3, -0.25) is 4.90 Å². The van der Waals surface area contributed by atoms with E-state index in [1.165, 1.54) is 0 Å². The van der Waals surface area contributed by atoms with E-state index >= 15 is 0 Å². The highest BCUT2D eigenvalue weighted by atomic mass is 32.2. The summed E-state index contributed by atoms with van der Waals surface area (Å²) < 4.78 is 28.7. The van der Waals surface area contributed by atoms with Crippen LogP contribution in [0.3, 0.4) is 0 Å². The monoisotopic (exact) mass is 319 g/mol. The molecule has 8 heteroatoms. The van der Waals surface area contributed by atoms with Gasteiger partial charge in [0.2, 0.25) is 0 Å². The molecule has 2 fully saturated rings. The number of hydrogen-bond acceptors (Lipinski definition) is 5. The molecule has 0 aromatic rings. The van der Waals surface area contributed by atoms with Crippen molar-refractivity contribution in [1.29, 1.82) is 0 Å². The molecular formula is C13H25N3O4S. The van der Waals surface area contributed by atoms with Crippen molar-refractivity contribution < 1.29 is 17.9 Å². The average molecular weight is 319 g/mol. The number of morpholine rings is 1. The summed E-state index contributed by atoms with van der Waals surface area (Å²) in [6.45, 7) is 7.33. The molecule has 2 aliphatic heterocycles. The van der Waals surface area contributed by atoms with E-state index < -0.39 is 9.84 Å². The molecule has 1 atom stereocenters. The molecule has 2 rings (SSSR count). The highest BCUT2D eigenvalue weighted by molar-refractivity contribution is 7.91. The first-order chi connectivity index (χ1) is 9.96. The van der Waals surface area contributed by atoms with Crippen LogP contribution in [0.25, 0.3) is 0 Å². The molecule has 0 aromatic heterocycles. The second-order valence-electron chi connectivity index (χ2n) is 5.85. The van der Waals surface area contributed by atoms with Gasteiger partial charge in [-0.05, 0) is 5.92 Å². The largest absolute Gasteiger partial charge is 0.379 e. The van der Waals surface area contributed by atoms with Crippen LogP contribution in [0.2, 0.25) is 0 Å². The first-order valence-corrected chi connectivity index (χ1v) is 9.32. The van der Waals surface area contributed by atoms with Crippen LogP contribution in [-0.2, 0) is 14.6 Å². The molecule has 122 valence electrons. The number of carbonyl (C=O) groups excluding carboxylic acids is 1. The minimum absolute atomic E-state index is 0.0116. The van der Waals surface area contributed by atoms with Crippen molar-refractivity contribution in [3.63, 3.8) is 0 Å². The number of ether oxygens (including phenoxy) is 1. The number of hydrogen-bond donors (Lipinski definition) is 1. The molecule has 1 N–H and O–H groups in total. The molecule has 2 aliphatic rings. The zero-order valence-corrected chi connectivity index (χ0v) is 13.4. The third-order valence-electron chi connectivity index (χ3n) is 3.84. The quantitative estimate of drug-likeness (QED) is 0.751. The number of amides is 2. The molecule has 2 amide bonds. The Labute approximate surface area is 126 Å². The Kier molecular flexibility index (Phi) is 5.83. The molecule has 0 aromatic carbocycles. The smallest absolute Gasteiger partial charge is 0.317 e. The van der Waals surface area contributed by atoms with Crippen LogP contribution in [0.1, 0.15) is 6.92 Å². The maximum Gasteiger partial charge on any atom is 0.317 e. The molecule has 2 heterocycles. The van der Waals surface area contributed by atoms with Crippen molar-refractivity contribution in [3.05, 3.63) is 0 Å². The van der Waals surface area contributed by atoms with E-state index in [1.807, 2.05) is 6.92 Å². The van der Waals surface area contributed by atoms with Crippen molar-refractivity contribution >= 4 is 15.9 Å². The first kappa shape index (κ1) is 16.5. The van der Waals surface area contributed by atoms with Gasteiger partial charge in [0.25, 0.3) is 0 Å². The number of sulfone groups is 1. The molecule has 7 nitrogen and oxygen atoms in total. The standard InChI is InChI=1S/C13H25N3O4S/c1-12-10-16(6-9-21(18,19)11-12)13(17)14-2-3-15-4-7-20-8-5-15/h12H,2-11H2,1H3,(H,14,17). The molecule has 1 unspecified atom stereocenters. The summed E-state index contributed by atoms with van der Waals surface area (Å²) in [6, 6.07) is -0.160. The number of urea groups is 1. The van der Waals surface area contributed by atoms with Gasteiger partial charge in [0.1, 0.15) is 0 Å². The second kappa shape index (κ2) is 7.42. The minimum Gasteiger partial charge on any atom is -0.379 e. The SMILES string of the molecule is CC1CN(C(=O)NCCN2CCOCC2)CCS(=O)(=O)C1. The van der Waals surface area contributed by atoms with Gasteiger partial charge in [-0.2, -0.15) is 0 Å². The van der Waals surface area contributed by atoms with Gasteiger partial charge in [-0.15, -0.1) is 0 Å². The summed E-state index contributed by atoms with van der Waals surface area (Å²) in [7, 11) is -3.02. The molecule has 0 aliphatic carbocycles. The van der Waals surface area contributed by atoms with Gasteiger partial charge in [0, 0.05) is 39.3 Å². The van der Waals surface area contributed by atoms with E-state index in [0.717, 1.165) is 32.8 Å². The maximum atomic E-state index is 12.1. The predicted octanol–water partition coefficient (Wildman–Crippen LogP) is -0.605. The summed E-state index contributed by atoms with van der Waals surface area (Å²) in [6.07, 6.45) is 0. The highest BCUT2D eigenvalue weighted by Crippen LogP contribution is 2.10. The number of nitrogens with one attached hydrogen (secondary N) is 1. The lowest BCUT2D eigenvalue weighted by Gasteiger charge is -2.27. The van der Waals surface area contributed by atoms with Gasteiger partial charge in [0.05, 0.1) is 24.7 Å². The number of rotatable bonds is 3. The minimum atomic E-state index is -3.02. The maximum absolute atomic E-state index is 12.1. The van der Waals surface area contributed by atoms with Crippen molar-refractivity contribution in [2.24, 2.45) is 5.92 Å². The fourth-order valence-corrected chi connectivity index (χ4v) is 4.37. The van der Waals surface area contributed by atoms with E-state index in [2.05, 4.69) is 10.2 Å². The summed E-state index contributed by atoms with van der Waals surface area (Å²) in [5, 5.41) is 2.89. The summed E-state index contributed by atoms with van der Waals surface area (Å²) in [5.74, 6) is 0.223. The van der Waals surface area contributed by atoms with Crippen molar-refractivity contribution in [2.45, 2.75) is 6.92 Å². The van der Waals surface area contributed by atoms with Crippen LogP contribution in [-0.4, -0.2) is 88.2 Å². The van der Waals surface area contributed by atoms with Gasteiger partial charge in [-0.1, -0.05) is 6.92 Å². The molecule has 0 saturated carbocycles. The van der Waals surface area contributed by atoms with E-state index in [-0.39, 0.29) is 30.0 Å². The zero-order valence-electron chi connectivity index (χ0n) is 12.6. The van der Waals surface area contributed by atoms with Crippen LogP contribution >= 0.6 is 0 Å². The van der Waals surface area contributed by atoms with Gasteiger partial charge < -0.3 is 15.0 Å². The van der Waals surface area contributed by atoms with Crippen molar-refractivity contribution in [1.82, 2.24) is 15.1 Å². The van der Waals surface area contributed by atoms with Crippen LogP contribution in [0.5, 0.6) is 0 Å². The van der Waals surface area contributed by atoms with Crippen LogP contribution < -0.4 is 5.32 Å². The Morgan fingerprint density at radius 1 is 1.29 bits per heavy atom. The van der Waals surface area contributed by atoms with Crippen molar-refractivity contribution in [2.75, 3.05) is 64.0 Å². The normalized spacial score (nSPS) is 27.1. The number of nitrogens with zero attached hydrogens (tertiary/aromatic N) is 2. The summed E-state index contributed by atoms with van der Waals surface area (Å²) >= 11 is 0. The average Bonchev–Trinajstić information content (AvgIpc) is 2.57. The topological polar surface area (TPSA) is 79.0 Å². The summed E-state index contributed by atoms with van der Waals surface area (Å²) in [4.78, 5) is 16.0. The lowest BCUT2D eigenvalue weighted by atomic mass is 10.2. The third-order valence-corrected chi connectivity index (χ3v) is 5.72. The van der Waals surface area contributed by atoms with Crippen molar-refractivity contribution in [3.8, 4) is 0 Å². The molecule has 2 saturated heterocycles.